The van der Waals surface area contributed by atoms with Gasteiger partial charge in [0.1, 0.15) is 0 Å². The molecule has 16 heavy (non-hydrogen) atoms. The van der Waals surface area contributed by atoms with Gasteiger partial charge in [0.15, 0.2) is 17.3 Å². The van der Waals surface area contributed by atoms with Gasteiger partial charge in [-0.2, -0.15) is 0 Å². The van der Waals surface area contributed by atoms with Crippen molar-refractivity contribution < 1.29 is 14.3 Å². The Morgan fingerprint density at radius 1 is 1.50 bits per heavy atom. The number of aromatic carboxylic acids is 1. The summed E-state index contributed by atoms with van der Waals surface area (Å²) in [7, 11) is 0. The number of aryl methyl sites for hydroxylation is 1. The summed E-state index contributed by atoms with van der Waals surface area (Å²) in [6.45, 7) is 1.60. The van der Waals surface area contributed by atoms with Crippen molar-refractivity contribution in [2.45, 2.75) is 6.92 Å². The highest BCUT2D eigenvalue weighted by Crippen LogP contribution is 2.26. The van der Waals surface area contributed by atoms with Gasteiger partial charge in [-0.15, -0.1) is 0 Å². The number of carbonyl (C=O) groups is 1. The molecular weight excluding hydrogens is 230 g/mol. The normalized spacial score (nSPS) is 10.4. The topological polar surface area (TPSA) is 63.3 Å². The van der Waals surface area contributed by atoms with Crippen LogP contribution in [0, 0.1) is 6.92 Å². The molecule has 0 saturated heterocycles. The summed E-state index contributed by atoms with van der Waals surface area (Å²) in [4.78, 5) is 14.7. The van der Waals surface area contributed by atoms with E-state index >= 15 is 0 Å². The standard InChI is InChI=1S/C11H8ClNO3/c1-6-13-9(11(14)15)10(16-6)7-3-2-4-8(12)5-7/h2-5H,1H3,(H,14,15). The van der Waals surface area contributed by atoms with Gasteiger partial charge in [-0.3, -0.25) is 0 Å². The molecule has 0 unspecified atom stereocenters. The summed E-state index contributed by atoms with van der Waals surface area (Å²) in [5.74, 6) is -0.577. The van der Waals surface area contributed by atoms with Gasteiger partial charge in [-0.25, -0.2) is 9.78 Å². The smallest absolute Gasteiger partial charge is 0.358 e. The Morgan fingerprint density at radius 2 is 2.25 bits per heavy atom. The molecule has 1 N–H and O–H groups in total. The summed E-state index contributed by atoms with van der Waals surface area (Å²) in [5.41, 5.74) is 0.505. The van der Waals surface area contributed by atoms with Crippen LogP contribution in [-0.4, -0.2) is 16.1 Å². The average molecular weight is 238 g/mol. The minimum absolute atomic E-state index is 0.0974. The second-order valence-corrected chi connectivity index (χ2v) is 3.66. The van der Waals surface area contributed by atoms with E-state index in [1.807, 2.05) is 0 Å². The van der Waals surface area contributed by atoms with Crippen LogP contribution in [-0.2, 0) is 0 Å². The predicted octanol–water partition coefficient (Wildman–Crippen LogP) is 3.00. The molecule has 0 spiro atoms. The monoisotopic (exact) mass is 237 g/mol. The van der Waals surface area contributed by atoms with Gasteiger partial charge in [-0.1, -0.05) is 23.7 Å². The third-order valence-corrected chi connectivity index (χ3v) is 2.26. The third kappa shape index (κ3) is 1.92. The van der Waals surface area contributed by atoms with Crippen LogP contribution < -0.4 is 0 Å². The Morgan fingerprint density at radius 3 is 2.88 bits per heavy atom. The fraction of sp³-hybridized carbons (Fsp3) is 0.0909. The summed E-state index contributed by atoms with van der Waals surface area (Å²) >= 11 is 5.82. The highest BCUT2D eigenvalue weighted by atomic mass is 35.5. The van der Waals surface area contributed by atoms with Crippen molar-refractivity contribution in [3.8, 4) is 11.3 Å². The molecule has 0 aliphatic carbocycles. The van der Waals surface area contributed by atoms with E-state index < -0.39 is 5.97 Å². The molecule has 0 bridgehead atoms. The lowest BCUT2D eigenvalue weighted by molar-refractivity contribution is 0.0691. The number of aromatic nitrogens is 1. The lowest BCUT2D eigenvalue weighted by Gasteiger charge is -1.98. The van der Waals surface area contributed by atoms with Crippen LogP contribution in [0.25, 0.3) is 11.3 Å². The second-order valence-electron chi connectivity index (χ2n) is 3.23. The Labute approximate surface area is 96.5 Å². The zero-order valence-electron chi connectivity index (χ0n) is 8.40. The van der Waals surface area contributed by atoms with Crippen LogP contribution in [0.5, 0.6) is 0 Å². The predicted molar refractivity (Wildman–Crippen MR) is 58.6 cm³/mol. The van der Waals surface area contributed by atoms with Crippen molar-refractivity contribution >= 4 is 17.6 Å². The van der Waals surface area contributed by atoms with Crippen molar-refractivity contribution in [3.63, 3.8) is 0 Å². The first-order chi connectivity index (χ1) is 7.58. The van der Waals surface area contributed by atoms with Crippen molar-refractivity contribution in [1.82, 2.24) is 4.98 Å². The second kappa shape index (κ2) is 3.98. The van der Waals surface area contributed by atoms with Gasteiger partial charge in [0, 0.05) is 17.5 Å². The zero-order chi connectivity index (χ0) is 11.7. The number of halogens is 1. The van der Waals surface area contributed by atoms with Crippen LogP contribution >= 0.6 is 11.6 Å². The van der Waals surface area contributed by atoms with Crippen molar-refractivity contribution in [1.29, 1.82) is 0 Å². The molecule has 2 rings (SSSR count). The molecular formula is C11H8ClNO3. The SMILES string of the molecule is Cc1nc(C(=O)O)c(-c2cccc(Cl)c2)o1. The Kier molecular flexibility index (Phi) is 2.66. The van der Waals surface area contributed by atoms with E-state index in [0.29, 0.717) is 16.5 Å². The molecule has 5 heteroatoms. The lowest BCUT2D eigenvalue weighted by Crippen LogP contribution is -1.98. The Bertz CT molecular complexity index is 548. The highest BCUT2D eigenvalue weighted by Gasteiger charge is 2.19. The van der Waals surface area contributed by atoms with Gasteiger partial charge in [0.05, 0.1) is 0 Å². The molecule has 0 aliphatic heterocycles. The maximum Gasteiger partial charge on any atom is 0.358 e. The highest BCUT2D eigenvalue weighted by molar-refractivity contribution is 6.30. The van der Waals surface area contributed by atoms with Crippen LogP contribution in [0.3, 0.4) is 0 Å². The molecule has 0 fully saturated rings. The van der Waals surface area contributed by atoms with Crippen LogP contribution in [0.2, 0.25) is 5.02 Å². The average Bonchev–Trinajstić information content (AvgIpc) is 2.60. The van der Waals surface area contributed by atoms with Gasteiger partial charge < -0.3 is 9.52 Å². The fourth-order valence-corrected chi connectivity index (χ4v) is 1.59. The number of rotatable bonds is 2. The minimum Gasteiger partial charge on any atom is -0.476 e. The summed E-state index contributed by atoms with van der Waals surface area (Å²) < 4.78 is 5.27. The number of hydrogen-bond donors (Lipinski definition) is 1. The first-order valence-corrected chi connectivity index (χ1v) is 4.92. The summed E-state index contributed by atoms with van der Waals surface area (Å²) in [6.07, 6.45) is 0. The van der Waals surface area contributed by atoms with Gasteiger partial charge in [0.25, 0.3) is 0 Å². The van der Waals surface area contributed by atoms with Crippen molar-refractivity contribution in [2.75, 3.05) is 0 Å². The molecule has 0 radical (unpaired) electrons. The maximum atomic E-state index is 10.9. The first-order valence-electron chi connectivity index (χ1n) is 4.54. The molecule has 4 nitrogen and oxygen atoms in total. The molecule has 0 amide bonds. The zero-order valence-corrected chi connectivity index (χ0v) is 9.15. The fourth-order valence-electron chi connectivity index (χ4n) is 1.40. The molecule has 2 aromatic rings. The first kappa shape index (κ1) is 10.7. The maximum absolute atomic E-state index is 10.9. The van der Waals surface area contributed by atoms with E-state index in [4.69, 9.17) is 21.1 Å². The summed E-state index contributed by atoms with van der Waals surface area (Å²) in [6, 6.07) is 6.78. The van der Waals surface area contributed by atoms with Crippen molar-refractivity contribution in [3.05, 3.63) is 40.9 Å². The van der Waals surface area contributed by atoms with E-state index in [1.54, 1.807) is 31.2 Å². The van der Waals surface area contributed by atoms with E-state index in [-0.39, 0.29) is 11.5 Å². The van der Waals surface area contributed by atoms with E-state index in [0.717, 1.165) is 0 Å². The van der Waals surface area contributed by atoms with Crippen LogP contribution in [0.4, 0.5) is 0 Å². The molecule has 1 heterocycles. The Hall–Kier alpha value is -1.81. The van der Waals surface area contributed by atoms with Gasteiger partial charge >= 0.3 is 5.97 Å². The molecule has 1 aromatic carbocycles. The molecule has 0 saturated carbocycles. The number of hydrogen-bond acceptors (Lipinski definition) is 3. The number of carboxylic acids is 1. The van der Waals surface area contributed by atoms with E-state index in [9.17, 15) is 4.79 Å². The molecule has 82 valence electrons. The minimum atomic E-state index is -1.12. The Balaban J connectivity index is 2.59. The molecule has 0 atom stereocenters. The van der Waals surface area contributed by atoms with Crippen LogP contribution in [0.15, 0.2) is 28.7 Å². The largest absolute Gasteiger partial charge is 0.476 e. The quantitative estimate of drug-likeness (QED) is 0.872. The number of nitrogens with zero attached hydrogens (tertiary/aromatic N) is 1. The number of carboxylic acid groups (broad SMARTS) is 1. The lowest BCUT2D eigenvalue weighted by atomic mass is 10.1. The third-order valence-electron chi connectivity index (χ3n) is 2.02. The molecule has 0 aliphatic rings. The van der Waals surface area contributed by atoms with Crippen molar-refractivity contribution in [2.24, 2.45) is 0 Å². The van der Waals surface area contributed by atoms with Gasteiger partial charge in [-0.05, 0) is 12.1 Å². The van der Waals surface area contributed by atoms with E-state index in [2.05, 4.69) is 4.98 Å². The van der Waals surface area contributed by atoms with Gasteiger partial charge in [0.2, 0.25) is 0 Å². The van der Waals surface area contributed by atoms with Crippen LogP contribution in [0.1, 0.15) is 16.4 Å². The number of benzene rings is 1. The number of oxazole rings is 1. The summed E-state index contributed by atoms with van der Waals surface area (Å²) in [5, 5.41) is 9.47. The van der Waals surface area contributed by atoms with E-state index in [1.165, 1.54) is 0 Å². The molecule has 1 aromatic heterocycles.